The fourth-order valence-corrected chi connectivity index (χ4v) is 2.77. The van der Waals surface area contributed by atoms with Crippen LogP contribution in [0.1, 0.15) is 46.3 Å². The van der Waals surface area contributed by atoms with Gasteiger partial charge in [-0.3, -0.25) is 4.79 Å². The van der Waals surface area contributed by atoms with E-state index in [9.17, 15) is 4.79 Å². The smallest absolute Gasteiger partial charge is 0.163 e. The molecule has 100 valence electrons. The van der Waals surface area contributed by atoms with E-state index in [4.69, 9.17) is 0 Å². The van der Waals surface area contributed by atoms with Crippen LogP contribution in [0.2, 0.25) is 0 Å². The molecule has 0 fully saturated rings. The van der Waals surface area contributed by atoms with Gasteiger partial charge >= 0.3 is 0 Å². The lowest BCUT2D eigenvalue weighted by molar-refractivity contribution is 0.0982. The summed E-state index contributed by atoms with van der Waals surface area (Å²) < 4.78 is 0. The maximum atomic E-state index is 12.1. The third-order valence-electron chi connectivity index (χ3n) is 3.85. The van der Waals surface area contributed by atoms with Crippen LogP contribution >= 0.6 is 0 Å². The van der Waals surface area contributed by atoms with Crippen LogP contribution in [0, 0.1) is 0 Å². The summed E-state index contributed by atoms with van der Waals surface area (Å²) in [5.41, 5.74) is 4.52. The van der Waals surface area contributed by atoms with Crippen LogP contribution in [-0.2, 0) is 6.42 Å². The number of fused-ring (bicyclic) bond motifs is 1. The Morgan fingerprint density at radius 3 is 2.45 bits per heavy atom. The van der Waals surface area contributed by atoms with Crippen molar-refractivity contribution in [2.24, 2.45) is 0 Å². The fraction of sp³-hybridized carbons (Fsp3) is 0.211. The van der Waals surface area contributed by atoms with Crippen molar-refractivity contribution in [3.63, 3.8) is 0 Å². The van der Waals surface area contributed by atoms with Gasteiger partial charge in [0.15, 0.2) is 5.78 Å². The van der Waals surface area contributed by atoms with E-state index in [1.165, 1.54) is 16.7 Å². The molecule has 2 aromatic rings. The lowest BCUT2D eigenvalue weighted by atomic mass is 9.96. The topological polar surface area (TPSA) is 17.1 Å². The molecule has 0 spiro atoms. The average Bonchev–Trinajstić information content (AvgIpc) is 2.69. The minimum atomic E-state index is 0.299. The quantitative estimate of drug-likeness (QED) is 0.563. The molecule has 0 aliphatic heterocycles. The number of carbonyl (C=O) groups is 1. The molecular weight excluding hydrogens is 244 g/mol. The van der Waals surface area contributed by atoms with Crippen LogP contribution in [-0.4, -0.2) is 5.78 Å². The zero-order chi connectivity index (χ0) is 13.8. The van der Waals surface area contributed by atoms with Crippen LogP contribution < -0.4 is 0 Å². The van der Waals surface area contributed by atoms with E-state index >= 15 is 0 Å². The molecule has 3 rings (SSSR count). The van der Waals surface area contributed by atoms with Crippen LogP contribution in [0.4, 0.5) is 0 Å². The Hall–Kier alpha value is -2.15. The van der Waals surface area contributed by atoms with Crippen LogP contribution in [0.3, 0.4) is 0 Å². The highest BCUT2D eigenvalue weighted by Crippen LogP contribution is 2.25. The van der Waals surface area contributed by atoms with Gasteiger partial charge in [0.25, 0.3) is 0 Å². The van der Waals surface area contributed by atoms with Gasteiger partial charge in [-0.2, -0.15) is 0 Å². The minimum Gasteiger partial charge on any atom is -0.294 e. The van der Waals surface area contributed by atoms with Gasteiger partial charge in [0.1, 0.15) is 0 Å². The number of Topliss-reactive ketones (excluding diaryl/α,β-unsaturated/α-hetero) is 1. The lowest BCUT2D eigenvalue weighted by Gasteiger charge is -2.08. The maximum Gasteiger partial charge on any atom is 0.163 e. The first-order valence-electron chi connectivity index (χ1n) is 7.23. The van der Waals surface area contributed by atoms with Crippen molar-refractivity contribution in [2.45, 2.75) is 25.7 Å². The van der Waals surface area contributed by atoms with E-state index in [0.717, 1.165) is 24.8 Å². The van der Waals surface area contributed by atoms with Gasteiger partial charge in [0.2, 0.25) is 0 Å². The Balaban J connectivity index is 1.97. The molecule has 1 heteroatoms. The summed E-state index contributed by atoms with van der Waals surface area (Å²) in [6.45, 7) is 0. The summed E-state index contributed by atoms with van der Waals surface area (Å²) >= 11 is 0. The average molecular weight is 262 g/mol. The molecule has 20 heavy (non-hydrogen) atoms. The van der Waals surface area contributed by atoms with Gasteiger partial charge in [0.05, 0.1) is 0 Å². The molecule has 1 aliphatic carbocycles. The van der Waals surface area contributed by atoms with E-state index in [-0.39, 0.29) is 0 Å². The Kier molecular flexibility index (Phi) is 3.78. The van der Waals surface area contributed by atoms with Crippen LogP contribution in [0.5, 0.6) is 0 Å². The summed E-state index contributed by atoms with van der Waals surface area (Å²) in [5, 5.41) is 0. The van der Waals surface area contributed by atoms with E-state index in [1.807, 2.05) is 30.3 Å². The van der Waals surface area contributed by atoms with E-state index < -0.39 is 0 Å². The van der Waals surface area contributed by atoms with Gasteiger partial charge in [-0.05, 0) is 36.0 Å². The van der Waals surface area contributed by atoms with Crippen molar-refractivity contribution in [1.29, 1.82) is 0 Å². The monoisotopic (exact) mass is 262 g/mol. The van der Waals surface area contributed by atoms with Gasteiger partial charge in [-0.1, -0.05) is 60.7 Å². The second kappa shape index (κ2) is 5.87. The molecule has 0 radical (unpaired) electrons. The molecule has 1 aliphatic rings. The number of hydrogen-bond acceptors (Lipinski definition) is 1. The van der Waals surface area contributed by atoms with Crippen molar-refractivity contribution in [2.75, 3.05) is 0 Å². The highest BCUT2D eigenvalue weighted by atomic mass is 16.1. The standard InChI is InChI=1S/C19H18O/c20-19-12-5-4-10-17-16(9-6-11-18(17)19)14-13-15-7-2-1-3-8-15/h1-3,6-9,11,13-14H,4-5,10,12H2/b14-13+. The largest absolute Gasteiger partial charge is 0.294 e. The first-order chi connectivity index (χ1) is 9.84. The third kappa shape index (κ3) is 2.72. The molecule has 0 amide bonds. The van der Waals surface area contributed by atoms with Crippen molar-refractivity contribution < 1.29 is 4.79 Å². The molecule has 1 nitrogen and oxygen atoms in total. The summed E-state index contributed by atoms with van der Waals surface area (Å²) in [6.07, 6.45) is 8.07. The molecule has 2 aromatic carbocycles. The lowest BCUT2D eigenvalue weighted by Crippen LogP contribution is -2.01. The highest BCUT2D eigenvalue weighted by Gasteiger charge is 2.16. The van der Waals surface area contributed by atoms with E-state index in [2.05, 4.69) is 30.4 Å². The number of carbonyl (C=O) groups excluding carboxylic acids is 1. The molecule has 0 saturated carbocycles. The number of benzene rings is 2. The summed E-state index contributed by atoms with van der Waals surface area (Å²) in [6, 6.07) is 16.3. The number of rotatable bonds is 2. The molecule has 0 aromatic heterocycles. The minimum absolute atomic E-state index is 0.299. The molecule has 0 bridgehead atoms. The second-order valence-corrected chi connectivity index (χ2v) is 5.25. The predicted molar refractivity (Wildman–Crippen MR) is 83.7 cm³/mol. The summed E-state index contributed by atoms with van der Waals surface area (Å²) in [5.74, 6) is 0.299. The molecule has 0 N–H and O–H groups in total. The molecule has 0 saturated heterocycles. The zero-order valence-electron chi connectivity index (χ0n) is 11.5. The molecule has 0 heterocycles. The fourth-order valence-electron chi connectivity index (χ4n) is 2.77. The normalized spacial score (nSPS) is 15.1. The first kappa shape index (κ1) is 12.9. The SMILES string of the molecule is O=C1CCCCc2c(/C=C/c3ccccc3)cccc21. The Morgan fingerprint density at radius 1 is 0.800 bits per heavy atom. The van der Waals surface area contributed by atoms with Crippen LogP contribution in [0.15, 0.2) is 48.5 Å². The van der Waals surface area contributed by atoms with Crippen molar-refractivity contribution in [3.8, 4) is 0 Å². The first-order valence-corrected chi connectivity index (χ1v) is 7.23. The van der Waals surface area contributed by atoms with E-state index in [0.29, 0.717) is 12.2 Å². The molecule has 0 atom stereocenters. The van der Waals surface area contributed by atoms with Crippen molar-refractivity contribution in [3.05, 3.63) is 70.8 Å². The Bertz CT molecular complexity index is 638. The van der Waals surface area contributed by atoms with Crippen molar-refractivity contribution in [1.82, 2.24) is 0 Å². The summed E-state index contributed by atoms with van der Waals surface area (Å²) in [4.78, 5) is 12.1. The zero-order valence-corrected chi connectivity index (χ0v) is 11.5. The molecule has 0 unspecified atom stereocenters. The predicted octanol–water partition coefficient (Wildman–Crippen LogP) is 4.77. The molecular formula is C19H18O. The Labute approximate surface area is 120 Å². The van der Waals surface area contributed by atoms with Gasteiger partial charge in [-0.25, -0.2) is 0 Å². The summed E-state index contributed by atoms with van der Waals surface area (Å²) in [7, 11) is 0. The van der Waals surface area contributed by atoms with Crippen LogP contribution in [0.25, 0.3) is 12.2 Å². The van der Waals surface area contributed by atoms with Gasteiger partial charge < -0.3 is 0 Å². The maximum absolute atomic E-state index is 12.1. The van der Waals surface area contributed by atoms with E-state index in [1.54, 1.807) is 0 Å². The van der Waals surface area contributed by atoms with Gasteiger partial charge in [0, 0.05) is 12.0 Å². The van der Waals surface area contributed by atoms with Crippen molar-refractivity contribution >= 4 is 17.9 Å². The Morgan fingerprint density at radius 2 is 1.60 bits per heavy atom. The number of ketones is 1. The highest BCUT2D eigenvalue weighted by molar-refractivity contribution is 5.98. The second-order valence-electron chi connectivity index (χ2n) is 5.25. The third-order valence-corrected chi connectivity index (χ3v) is 3.85. The number of hydrogen-bond donors (Lipinski definition) is 0. The van der Waals surface area contributed by atoms with Gasteiger partial charge in [-0.15, -0.1) is 0 Å².